The lowest BCUT2D eigenvalue weighted by atomic mass is 10.2. The third-order valence-corrected chi connectivity index (χ3v) is 3.68. The second kappa shape index (κ2) is 6.22. The van der Waals surface area contributed by atoms with Crippen molar-refractivity contribution in [3.63, 3.8) is 0 Å². The topological polar surface area (TPSA) is 41.4 Å². The molecule has 114 valence electrons. The monoisotopic (exact) mass is 298 g/mol. The van der Waals surface area contributed by atoms with E-state index in [4.69, 9.17) is 0 Å². The van der Waals surface area contributed by atoms with Crippen molar-refractivity contribution in [3.8, 4) is 0 Å². The highest BCUT2D eigenvalue weighted by Crippen LogP contribution is 2.40. The number of hydrogen-bond donors (Lipinski definition) is 0. The first kappa shape index (κ1) is 14.6. The first-order valence-electron chi connectivity index (χ1n) is 7.51. The van der Waals surface area contributed by atoms with Crippen molar-refractivity contribution in [2.45, 2.75) is 39.3 Å². The lowest BCUT2D eigenvalue weighted by Gasteiger charge is -2.20. The van der Waals surface area contributed by atoms with Crippen molar-refractivity contribution >= 4 is 17.9 Å². The zero-order valence-electron chi connectivity index (χ0n) is 12.8. The van der Waals surface area contributed by atoms with Gasteiger partial charge in [-0.2, -0.15) is 10.1 Å². The fraction of sp³-hybridized carbons (Fsp3) is 0.353. The minimum absolute atomic E-state index is 0.414. The Bertz CT molecular complexity index is 695. The number of para-hydroxylation sites is 1. The number of nitrogens with zero attached hydrogens (tertiary/aromatic N) is 4. The quantitative estimate of drug-likeness (QED) is 0.611. The molecule has 0 bridgehead atoms. The molecule has 0 atom stereocenters. The van der Waals surface area contributed by atoms with Gasteiger partial charge in [0.05, 0.1) is 11.4 Å². The fourth-order valence-electron chi connectivity index (χ4n) is 2.39. The lowest BCUT2D eigenvalue weighted by Crippen LogP contribution is -2.15. The zero-order chi connectivity index (χ0) is 15.5. The summed E-state index contributed by atoms with van der Waals surface area (Å²) in [5, 5.41) is 6.06. The molecule has 0 amide bonds. The summed E-state index contributed by atoms with van der Waals surface area (Å²) in [6, 6.07) is 9.66. The number of rotatable bonds is 5. The molecule has 1 aromatic heterocycles. The van der Waals surface area contributed by atoms with Crippen molar-refractivity contribution in [2.75, 3.05) is 5.01 Å². The summed E-state index contributed by atoms with van der Waals surface area (Å²) < 4.78 is 13.2. The minimum Gasteiger partial charge on any atom is -0.244 e. The van der Waals surface area contributed by atoms with Crippen LogP contribution in [-0.2, 0) is 6.67 Å². The van der Waals surface area contributed by atoms with Crippen LogP contribution in [0.4, 0.5) is 16.0 Å². The maximum Gasteiger partial charge on any atom is 0.251 e. The molecule has 1 heterocycles. The Kier molecular flexibility index (Phi) is 4.13. The van der Waals surface area contributed by atoms with E-state index in [-0.39, 0.29) is 0 Å². The Labute approximate surface area is 129 Å². The van der Waals surface area contributed by atoms with Gasteiger partial charge in [-0.1, -0.05) is 18.2 Å². The van der Waals surface area contributed by atoms with Crippen LogP contribution in [0, 0.1) is 6.92 Å². The first-order valence-corrected chi connectivity index (χ1v) is 7.51. The van der Waals surface area contributed by atoms with Gasteiger partial charge in [0.2, 0.25) is 0 Å². The number of benzene rings is 1. The third kappa shape index (κ3) is 2.98. The van der Waals surface area contributed by atoms with Gasteiger partial charge in [0, 0.05) is 17.8 Å². The molecule has 1 aliphatic rings. The molecule has 0 N–H and O–H groups in total. The van der Waals surface area contributed by atoms with Crippen LogP contribution in [0.2, 0.25) is 0 Å². The van der Waals surface area contributed by atoms with Crippen LogP contribution in [0.3, 0.4) is 0 Å². The Hall–Kier alpha value is -2.30. The standard InChI is InChI=1S/C17H19FN4/c1-3-19-22(16-7-5-4-6-12(16)2)17-20-14(11-18)10-15(21-17)13-8-9-13/h3-7,10,13H,8-9,11H2,1-2H3. The van der Waals surface area contributed by atoms with E-state index in [2.05, 4.69) is 15.1 Å². The molecule has 0 aliphatic heterocycles. The van der Waals surface area contributed by atoms with Crippen LogP contribution in [0.25, 0.3) is 0 Å². The van der Waals surface area contributed by atoms with Crippen molar-refractivity contribution in [1.29, 1.82) is 0 Å². The number of aryl methyl sites for hydroxylation is 1. The summed E-state index contributed by atoms with van der Waals surface area (Å²) in [6.45, 7) is 3.26. The van der Waals surface area contributed by atoms with Crippen molar-refractivity contribution < 1.29 is 4.39 Å². The van der Waals surface area contributed by atoms with Gasteiger partial charge in [-0.15, -0.1) is 0 Å². The number of aromatic nitrogens is 2. The van der Waals surface area contributed by atoms with Crippen LogP contribution < -0.4 is 5.01 Å². The van der Waals surface area contributed by atoms with Gasteiger partial charge in [-0.05, 0) is 44.4 Å². The highest BCUT2D eigenvalue weighted by atomic mass is 19.1. The Morgan fingerprint density at radius 3 is 2.73 bits per heavy atom. The molecule has 0 radical (unpaired) electrons. The number of hydrogen-bond acceptors (Lipinski definition) is 4. The molecule has 22 heavy (non-hydrogen) atoms. The molecule has 0 saturated heterocycles. The van der Waals surface area contributed by atoms with Gasteiger partial charge in [0.1, 0.15) is 6.67 Å². The largest absolute Gasteiger partial charge is 0.251 e. The molecule has 0 unspecified atom stereocenters. The molecular weight excluding hydrogens is 279 g/mol. The normalized spacial score (nSPS) is 14.5. The average molecular weight is 298 g/mol. The van der Waals surface area contributed by atoms with Crippen LogP contribution in [0.1, 0.15) is 42.6 Å². The van der Waals surface area contributed by atoms with Gasteiger partial charge in [-0.3, -0.25) is 0 Å². The number of anilines is 2. The van der Waals surface area contributed by atoms with Gasteiger partial charge in [0.15, 0.2) is 0 Å². The van der Waals surface area contributed by atoms with Crippen LogP contribution in [-0.4, -0.2) is 16.2 Å². The van der Waals surface area contributed by atoms with E-state index < -0.39 is 6.67 Å². The molecule has 3 rings (SSSR count). The molecule has 1 aliphatic carbocycles. The molecule has 1 aromatic carbocycles. The molecule has 4 nitrogen and oxygen atoms in total. The van der Waals surface area contributed by atoms with E-state index in [9.17, 15) is 4.39 Å². The number of hydrazone groups is 1. The molecule has 5 heteroatoms. The molecule has 2 aromatic rings. The zero-order valence-corrected chi connectivity index (χ0v) is 12.8. The van der Waals surface area contributed by atoms with Crippen molar-refractivity contribution in [3.05, 3.63) is 47.3 Å². The smallest absolute Gasteiger partial charge is 0.244 e. The lowest BCUT2D eigenvalue weighted by molar-refractivity contribution is 0.474. The van der Waals surface area contributed by atoms with E-state index >= 15 is 0 Å². The first-order chi connectivity index (χ1) is 10.7. The van der Waals surface area contributed by atoms with E-state index in [0.717, 1.165) is 29.8 Å². The van der Waals surface area contributed by atoms with Crippen molar-refractivity contribution in [2.24, 2.45) is 5.10 Å². The van der Waals surface area contributed by atoms with Gasteiger partial charge in [0.25, 0.3) is 5.95 Å². The van der Waals surface area contributed by atoms with E-state index in [1.165, 1.54) is 0 Å². The Morgan fingerprint density at radius 1 is 1.32 bits per heavy atom. The second-order valence-electron chi connectivity index (χ2n) is 5.46. The summed E-state index contributed by atoms with van der Waals surface area (Å²) in [7, 11) is 0. The maximum absolute atomic E-state index is 13.2. The van der Waals surface area contributed by atoms with Crippen molar-refractivity contribution in [1.82, 2.24) is 9.97 Å². The molecule has 1 saturated carbocycles. The highest BCUT2D eigenvalue weighted by Gasteiger charge is 2.27. The summed E-state index contributed by atoms with van der Waals surface area (Å²) in [4.78, 5) is 8.94. The summed E-state index contributed by atoms with van der Waals surface area (Å²) in [5.41, 5.74) is 3.30. The summed E-state index contributed by atoms with van der Waals surface area (Å²) >= 11 is 0. The van der Waals surface area contributed by atoms with Gasteiger partial charge >= 0.3 is 0 Å². The van der Waals surface area contributed by atoms with E-state index in [1.807, 2.05) is 38.1 Å². The highest BCUT2D eigenvalue weighted by molar-refractivity contribution is 5.65. The number of halogens is 1. The third-order valence-electron chi connectivity index (χ3n) is 3.68. The molecule has 0 spiro atoms. The summed E-state index contributed by atoms with van der Waals surface area (Å²) in [6.07, 6.45) is 3.92. The Morgan fingerprint density at radius 2 is 2.09 bits per heavy atom. The van der Waals surface area contributed by atoms with Crippen LogP contribution >= 0.6 is 0 Å². The SMILES string of the molecule is CC=NN(c1nc(CF)cc(C2CC2)n1)c1ccccc1C. The molecular formula is C17H19FN4. The van der Waals surface area contributed by atoms with Crippen LogP contribution in [0.15, 0.2) is 35.4 Å². The fourth-order valence-corrected chi connectivity index (χ4v) is 2.39. The minimum atomic E-state index is -0.591. The van der Waals surface area contributed by atoms with E-state index in [0.29, 0.717) is 17.6 Å². The summed E-state index contributed by atoms with van der Waals surface area (Å²) in [5.74, 6) is 0.876. The number of alkyl halides is 1. The predicted octanol–water partition coefficient (Wildman–Crippen LogP) is 4.28. The van der Waals surface area contributed by atoms with Gasteiger partial charge < -0.3 is 0 Å². The average Bonchev–Trinajstić information content (AvgIpc) is 3.38. The van der Waals surface area contributed by atoms with Crippen LogP contribution in [0.5, 0.6) is 0 Å². The van der Waals surface area contributed by atoms with Gasteiger partial charge in [-0.25, -0.2) is 14.4 Å². The second-order valence-corrected chi connectivity index (χ2v) is 5.46. The predicted molar refractivity (Wildman–Crippen MR) is 86.3 cm³/mol. The maximum atomic E-state index is 13.2. The van der Waals surface area contributed by atoms with E-state index in [1.54, 1.807) is 17.3 Å². The Balaban J connectivity index is 2.08. The molecule has 1 fully saturated rings.